The Balaban J connectivity index is 1.73. The van der Waals surface area contributed by atoms with Crippen LogP contribution in [0.1, 0.15) is 25.7 Å². The summed E-state index contributed by atoms with van der Waals surface area (Å²) in [7, 11) is 1.75. The number of carbonyl (C=O) groups excluding carboxylic acids is 1. The molecular weight excluding hydrogens is 280 g/mol. The lowest BCUT2D eigenvalue weighted by Crippen LogP contribution is -2.57. The first-order valence-electron chi connectivity index (χ1n) is 8.25. The molecule has 2 aliphatic heterocycles. The molecule has 2 saturated heterocycles. The molecule has 0 spiro atoms. The molecule has 3 rings (SSSR count). The minimum atomic E-state index is -0.497. The van der Waals surface area contributed by atoms with Crippen molar-refractivity contribution < 1.29 is 9.53 Å². The highest BCUT2D eigenvalue weighted by molar-refractivity contribution is 5.84. The van der Waals surface area contributed by atoms with Crippen LogP contribution in [0.2, 0.25) is 0 Å². The number of nitrogens with one attached hydrogen (secondary N) is 1. The van der Waals surface area contributed by atoms with Crippen LogP contribution in [0.3, 0.4) is 0 Å². The second kappa shape index (κ2) is 6.79. The lowest BCUT2D eigenvalue weighted by atomic mass is 9.85. The lowest BCUT2D eigenvalue weighted by molar-refractivity contribution is -0.144. The topological polar surface area (TPSA) is 59.4 Å². The maximum atomic E-state index is 13.2. The van der Waals surface area contributed by atoms with Gasteiger partial charge in [-0.1, -0.05) is 0 Å². The highest BCUT2D eigenvalue weighted by atomic mass is 16.5. The summed E-state index contributed by atoms with van der Waals surface area (Å²) in [4.78, 5) is 15.3. The van der Waals surface area contributed by atoms with Crippen molar-refractivity contribution in [2.24, 2.45) is 5.92 Å². The first-order valence-corrected chi connectivity index (χ1v) is 8.25. The van der Waals surface area contributed by atoms with Gasteiger partial charge in [0.2, 0.25) is 0 Å². The molecule has 1 N–H and O–H groups in total. The van der Waals surface area contributed by atoms with Crippen LogP contribution < -0.4 is 5.32 Å². The lowest BCUT2D eigenvalue weighted by Gasteiger charge is -2.42. The Hall–Kier alpha value is -1.40. The summed E-state index contributed by atoms with van der Waals surface area (Å²) >= 11 is 0. The predicted molar refractivity (Wildman–Crippen MR) is 83.5 cm³/mol. The third kappa shape index (κ3) is 2.90. The monoisotopic (exact) mass is 306 g/mol. The third-order valence-electron chi connectivity index (χ3n) is 5.08. The van der Waals surface area contributed by atoms with E-state index in [9.17, 15) is 4.79 Å². The van der Waals surface area contributed by atoms with Gasteiger partial charge >= 0.3 is 0 Å². The van der Waals surface area contributed by atoms with E-state index in [-0.39, 0.29) is 5.91 Å². The molecule has 1 aromatic rings. The summed E-state index contributed by atoms with van der Waals surface area (Å²) in [6.45, 7) is 4.21. The van der Waals surface area contributed by atoms with Crippen LogP contribution in [0.15, 0.2) is 18.5 Å². The molecule has 2 fully saturated rings. The standard InChI is InChI=1S/C16H26N4O2/c1-22-13-14-3-11-19(12-4-14)15(21)16(5-8-17-9-6-16)20-10-2-7-18-20/h2,7,10,14,17H,3-6,8-9,11-13H2,1H3. The van der Waals surface area contributed by atoms with E-state index >= 15 is 0 Å². The van der Waals surface area contributed by atoms with Gasteiger partial charge in [-0.2, -0.15) is 5.10 Å². The molecule has 0 saturated carbocycles. The molecular formula is C16H26N4O2. The Morgan fingerprint density at radius 1 is 1.36 bits per heavy atom. The number of likely N-dealkylation sites (tertiary alicyclic amines) is 1. The summed E-state index contributed by atoms with van der Waals surface area (Å²) in [6.07, 6.45) is 7.39. The summed E-state index contributed by atoms with van der Waals surface area (Å²) in [5.41, 5.74) is -0.497. The Kier molecular flexibility index (Phi) is 4.78. The highest BCUT2D eigenvalue weighted by Gasteiger charge is 2.44. The van der Waals surface area contributed by atoms with Gasteiger partial charge in [-0.25, -0.2) is 0 Å². The van der Waals surface area contributed by atoms with E-state index in [0.29, 0.717) is 5.92 Å². The Bertz CT molecular complexity index is 474. The van der Waals surface area contributed by atoms with E-state index in [0.717, 1.165) is 58.5 Å². The zero-order valence-corrected chi connectivity index (χ0v) is 13.3. The molecule has 0 unspecified atom stereocenters. The number of amides is 1. The quantitative estimate of drug-likeness (QED) is 0.896. The second-order valence-corrected chi connectivity index (χ2v) is 6.42. The van der Waals surface area contributed by atoms with E-state index in [1.165, 1.54) is 0 Å². The molecule has 2 aliphatic rings. The molecule has 0 radical (unpaired) electrons. The summed E-state index contributed by atoms with van der Waals surface area (Å²) < 4.78 is 7.13. The SMILES string of the molecule is COCC1CCN(C(=O)C2(n3cccn3)CCNCC2)CC1. The fourth-order valence-electron chi connectivity index (χ4n) is 3.74. The fourth-order valence-corrected chi connectivity index (χ4v) is 3.74. The van der Waals surface area contributed by atoms with Gasteiger partial charge in [-0.05, 0) is 50.8 Å². The number of rotatable bonds is 4. The largest absolute Gasteiger partial charge is 0.384 e. The molecule has 3 heterocycles. The molecule has 1 aromatic heterocycles. The number of hydrogen-bond donors (Lipinski definition) is 1. The molecule has 0 bridgehead atoms. The third-order valence-corrected chi connectivity index (χ3v) is 5.08. The van der Waals surface area contributed by atoms with E-state index < -0.39 is 5.54 Å². The van der Waals surface area contributed by atoms with Crippen molar-refractivity contribution in [1.82, 2.24) is 20.0 Å². The van der Waals surface area contributed by atoms with E-state index in [1.807, 2.05) is 21.8 Å². The van der Waals surface area contributed by atoms with Crippen LogP contribution in [0.4, 0.5) is 0 Å². The van der Waals surface area contributed by atoms with Crippen LogP contribution in [0.5, 0.6) is 0 Å². The van der Waals surface area contributed by atoms with Crippen molar-refractivity contribution in [3.8, 4) is 0 Å². The summed E-state index contributed by atoms with van der Waals surface area (Å²) in [6, 6.07) is 1.90. The first-order chi connectivity index (χ1) is 10.8. The van der Waals surface area contributed by atoms with Crippen molar-refractivity contribution in [1.29, 1.82) is 0 Å². The van der Waals surface area contributed by atoms with Crippen molar-refractivity contribution in [2.75, 3.05) is 39.9 Å². The number of carbonyl (C=O) groups is 1. The van der Waals surface area contributed by atoms with Crippen molar-refractivity contribution in [3.05, 3.63) is 18.5 Å². The maximum Gasteiger partial charge on any atom is 0.250 e. The van der Waals surface area contributed by atoms with Gasteiger partial charge in [0, 0.05) is 39.2 Å². The average molecular weight is 306 g/mol. The van der Waals surface area contributed by atoms with Gasteiger partial charge in [0.1, 0.15) is 5.54 Å². The minimum absolute atomic E-state index is 0.244. The van der Waals surface area contributed by atoms with Crippen molar-refractivity contribution in [3.63, 3.8) is 0 Å². The first kappa shape index (κ1) is 15.5. The number of aromatic nitrogens is 2. The number of nitrogens with zero attached hydrogens (tertiary/aromatic N) is 3. The van der Waals surface area contributed by atoms with Crippen LogP contribution in [-0.4, -0.2) is 60.5 Å². The number of methoxy groups -OCH3 is 1. The Morgan fingerprint density at radius 3 is 2.68 bits per heavy atom. The Morgan fingerprint density at radius 2 is 2.09 bits per heavy atom. The zero-order valence-electron chi connectivity index (χ0n) is 13.3. The number of piperidine rings is 2. The summed E-state index contributed by atoms with van der Waals surface area (Å²) in [5.74, 6) is 0.830. The van der Waals surface area contributed by atoms with Gasteiger partial charge in [0.05, 0.1) is 0 Å². The normalized spacial score (nSPS) is 22.7. The second-order valence-electron chi connectivity index (χ2n) is 6.42. The minimum Gasteiger partial charge on any atom is -0.384 e. The Labute approximate surface area is 131 Å². The van der Waals surface area contributed by atoms with Gasteiger partial charge in [0.15, 0.2) is 0 Å². The molecule has 22 heavy (non-hydrogen) atoms. The molecule has 6 nitrogen and oxygen atoms in total. The van der Waals surface area contributed by atoms with Crippen molar-refractivity contribution in [2.45, 2.75) is 31.2 Å². The van der Waals surface area contributed by atoms with Crippen LogP contribution in [0, 0.1) is 5.92 Å². The van der Waals surface area contributed by atoms with Gasteiger partial charge in [-0.3, -0.25) is 9.48 Å². The molecule has 0 aromatic carbocycles. The van der Waals surface area contributed by atoms with Crippen LogP contribution in [0.25, 0.3) is 0 Å². The molecule has 0 atom stereocenters. The van der Waals surface area contributed by atoms with Crippen LogP contribution >= 0.6 is 0 Å². The maximum absolute atomic E-state index is 13.2. The van der Waals surface area contributed by atoms with E-state index in [2.05, 4.69) is 10.4 Å². The average Bonchev–Trinajstić information content (AvgIpc) is 3.11. The fraction of sp³-hybridized carbons (Fsp3) is 0.750. The van der Waals surface area contributed by atoms with Gasteiger partial charge in [-0.15, -0.1) is 0 Å². The zero-order chi connectivity index (χ0) is 15.4. The summed E-state index contributed by atoms with van der Waals surface area (Å²) in [5, 5.41) is 7.75. The van der Waals surface area contributed by atoms with Gasteiger partial charge < -0.3 is 15.0 Å². The van der Waals surface area contributed by atoms with E-state index in [4.69, 9.17) is 4.74 Å². The van der Waals surface area contributed by atoms with Crippen molar-refractivity contribution >= 4 is 5.91 Å². The van der Waals surface area contributed by atoms with E-state index in [1.54, 1.807) is 13.3 Å². The molecule has 122 valence electrons. The number of hydrogen-bond acceptors (Lipinski definition) is 4. The van der Waals surface area contributed by atoms with Gasteiger partial charge in [0.25, 0.3) is 5.91 Å². The number of ether oxygens (including phenoxy) is 1. The smallest absolute Gasteiger partial charge is 0.250 e. The molecule has 0 aliphatic carbocycles. The molecule has 6 heteroatoms. The predicted octanol–water partition coefficient (Wildman–Crippen LogP) is 0.847. The van der Waals surface area contributed by atoms with Crippen LogP contribution in [-0.2, 0) is 15.1 Å². The molecule has 1 amide bonds. The highest BCUT2D eigenvalue weighted by Crippen LogP contribution is 2.31.